The zero-order valence-corrected chi connectivity index (χ0v) is 8.56. The van der Waals surface area contributed by atoms with Crippen LogP contribution in [0, 0.1) is 0 Å². The molecule has 0 aliphatic heterocycles. The summed E-state index contributed by atoms with van der Waals surface area (Å²) in [5, 5.41) is 6.69. The summed E-state index contributed by atoms with van der Waals surface area (Å²) in [7, 11) is 0. The first-order valence-corrected chi connectivity index (χ1v) is 4.99. The largest absolute Gasteiger partial charge is 0.316 e. The molecule has 0 aliphatic carbocycles. The molecule has 3 heteroatoms. The van der Waals surface area contributed by atoms with Crippen LogP contribution in [0.15, 0.2) is 0 Å². The maximum absolute atomic E-state index is 5.78. The van der Waals surface area contributed by atoms with Crippen LogP contribution in [0.1, 0.15) is 40.0 Å². The number of nitrogens with two attached hydrogens (primary N) is 1. The van der Waals surface area contributed by atoms with Gasteiger partial charge in [0.05, 0.1) is 12.3 Å². The second kappa shape index (κ2) is 7.53. The molecule has 0 radical (unpaired) electrons. The molecule has 0 fully saturated rings. The molecule has 3 nitrogen and oxygen atoms in total. The molecule has 0 amide bonds. The minimum absolute atomic E-state index is 0.126. The molecule has 0 bridgehead atoms. The molecule has 0 aromatic rings. The summed E-state index contributed by atoms with van der Waals surface area (Å²) in [6.45, 7) is 7.38. The van der Waals surface area contributed by atoms with Gasteiger partial charge < -0.3 is 11.1 Å². The molecule has 12 heavy (non-hydrogen) atoms. The van der Waals surface area contributed by atoms with Crippen LogP contribution in [0.25, 0.3) is 0 Å². The van der Waals surface area contributed by atoms with E-state index in [1.807, 2.05) is 0 Å². The maximum Gasteiger partial charge on any atom is 0.0583 e. The van der Waals surface area contributed by atoms with E-state index in [1.165, 1.54) is 6.42 Å². The predicted molar refractivity (Wildman–Crippen MR) is 53.8 cm³/mol. The van der Waals surface area contributed by atoms with Crippen molar-refractivity contribution in [1.29, 1.82) is 0 Å². The third-order valence-electron chi connectivity index (χ3n) is 1.88. The fourth-order valence-electron chi connectivity index (χ4n) is 1.16. The third-order valence-corrected chi connectivity index (χ3v) is 1.88. The van der Waals surface area contributed by atoms with Crippen LogP contribution < -0.4 is 16.4 Å². The Balaban J connectivity index is 3.61. The van der Waals surface area contributed by atoms with Crippen molar-refractivity contribution in [1.82, 2.24) is 10.6 Å². The Morgan fingerprint density at radius 1 is 1.25 bits per heavy atom. The van der Waals surface area contributed by atoms with Crippen LogP contribution in [-0.4, -0.2) is 18.9 Å². The van der Waals surface area contributed by atoms with Crippen LogP contribution in [0.2, 0.25) is 0 Å². The van der Waals surface area contributed by atoms with Crippen molar-refractivity contribution in [3.63, 3.8) is 0 Å². The first-order valence-electron chi connectivity index (χ1n) is 4.99. The molecule has 2 unspecified atom stereocenters. The first-order chi connectivity index (χ1) is 5.74. The van der Waals surface area contributed by atoms with Gasteiger partial charge in [-0.1, -0.05) is 27.2 Å². The highest BCUT2D eigenvalue weighted by Gasteiger charge is 2.07. The summed E-state index contributed by atoms with van der Waals surface area (Å²) in [6.07, 6.45) is 3.81. The van der Waals surface area contributed by atoms with Crippen molar-refractivity contribution in [2.75, 3.05) is 6.54 Å². The van der Waals surface area contributed by atoms with Crippen molar-refractivity contribution >= 4 is 0 Å². The summed E-state index contributed by atoms with van der Waals surface area (Å²) < 4.78 is 0. The van der Waals surface area contributed by atoms with E-state index in [0.717, 1.165) is 19.4 Å². The molecule has 0 aromatic carbocycles. The van der Waals surface area contributed by atoms with E-state index in [4.69, 9.17) is 5.73 Å². The van der Waals surface area contributed by atoms with Gasteiger partial charge in [0.2, 0.25) is 0 Å². The lowest BCUT2D eigenvalue weighted by Crippen LogP contribution is -2.50. The minimum atomic E-state index is 0.126. The van der Waals surface area contributed by atoms with Gasteiger partial charge in [-0.25, -0.2) is 0 Å². The molecule has 4 N–H and O–H groups in total. The molecule has 2 atom stereocenters. The molecule has 0 saturated carbocycles. The Morgan fingerprint density at radius 2 is 1.92 bits per heavy atom. The van der Waals surface area contributed by atoms with E-state index in [9.17, 15) is 0 Å². The van der Waals surface area contributed by atoms with Crippen LogP contribution >= 0.6 is 0 Å². The van der Waals surface area contributed by atoms with Crippen molar-refractivity contribution in [2.45, 2.75) is 52.4 Å². The second-order valence-electron chi connectivity index (χ2n) is 3.08. The van der Waals surface area contributed by atoms with Crippen LogP contribution in [0.5, 0.6) is 0 Å². The predicted octanol–water partition coefficient (Wildman–Crippen LogP) is 1.01. The lowest BCUT2D eigenvalue weighted by atomic mass is 10.2. The normalized spacial score (nSPS) is 16.0. The van der Waals surface area contributed by atoms with Crippen LogP contribution in [0.4, 0.5) is 0 Å². The Hall–Kier alpha value is -0.120. The molecular weight excluding hydrogens is 150 g/mol. The van der Waals surface area contributed by atoms with Gasteiger partial charge in [-0.2, -0.15) is 0 Å². The molecule has 74 valence electrons. The summed E-state index contributed by atoms with van der Waals surface area (Å²) in [5.74, 6) is 0. The fraction of sp³-hybridized carbons (Fsp3) is 1.00. The molecule has 0 aliphatic rings. The zero-order valence-electron chi connectivity index (χ0n) is 8.56. The summed E-state index contributed by atoms with van der Waals surface area (Å²) in [5.41, 5.74) is 5.78. The lowest BCUT2D eigenvalue weighted by molar-refractivity contribution is 0.353. The summed E-state index contributed by atoms with van der Waals surface area (Å²) in [6, 6.07) is 0. The number of hydrogen-bond donors (Lipinski definition) is 3. The van der Waals surface area contributed by atoms with Gasteiger partial charge in [0, 0.05) is 0 Å². The van der Waals surface area contributed by atoms with Crippen LogP contribution in [-0.2, 0) is 0 Å². The number of nitrogens with one attached hydrogen (secondary N) is 2. The zero-order chi connectivity index (χ0) is 9.40. The second-order valence-corrected chi connectivity index (χ2v) is 3.08. The van der Waals surface area contributed by atoms with Gasteiger partial charge in [-0.3, -0.25) is 5.32 Å². The van der Waals surface area contributed by atoms with Gasteiger partial charge in [0.25, 0.3) is 0 Å². The minimum Gasteiger partial charge on any atom is -0.316 e. The van der Waals surface area contributed by atoms with E-state index in [1.54, 1.807) is 0 Å². The van der Waals surface area contributed by atoms with Gasteiger partial charge in [0.1, 0.15) is 0 Å². The van der Waals surface area contributed by atoms with Gasteiger partial charge in [-0.15, -0.1) is 0 Å². The Bertz CT molecular complexity index is 89.8. The molecule has 0 heterocycles. The molecule has 0 aromatic heterocycles. The number of rotatable bonds is 7. The Morgan fingerprint density at radius 3 is 2.33 bits per heavy atom. The van der Waals surface area contributed by atoms with Gasteiger partial charge >= 0.3 is 0 Å². The molecular formula is C9H23N3. The van der Waals surface area contributed by atoms with Crippen molar-refractivity contribution in [2.24, 2.45) is 5.73 Å². The fourth-order valence-corrected chi connectivity index (χ4v) is 1.16. The summed E-state index contributed by atoms with van der Waals surface area (Å²) in [4.78, 5) is 0. The molecule has 0 spiro atoms. The average molecular weight is 173 g/mol. The summed E-state index contributed by atoms with van der Waals surface area (Å²) >= 11 is 0. The van der Waals surface area contributed by atoms with E-state index >= 15 is 0 Å². The van der Waals surface area contributed by atoms with Gasteiger partial charge in [-0.05, 0) is 19.4 Å². The monoisotopic (exact) mass is 173 g/mol. The third kappa shape index (κ3) is 5.52. The average Bonchev–Trinajstić information content (AvgIpc) is 2.05. The highest BCUT2D eigenvalue weighted by molar-refractivity contribution is 4.66. The molecule has 0 rings (SSSR count). The SMILES string of the molecule is CCCC(NCC)NC(N)CC. The van der Waals surface area contributed by atoms with Crippen LogP contribution in [0.3, 0.4) is 0 Å². The standard InChI is InChI=1S/C9H23N3/c1-4-7-9(11-6-3)12-8(10)5-2/h8-9,11-12H,4-7,10H2,1-3H3. The van der Waals surface area contributed by atoms with E-state index in [-0.39, 0.29) is 6.17 Å². The maximum atomic E-state index is 5.78. The molecule has 0 saturated heterocycles. The number of hydrogen-bond acceptors (Lipinski definition) is 3. The first kappa shape index (κ1) is 11.9. The highest BCUT2D eigenvalue weighted by Crippen LogP contribution is 1.94. The lowest BCUT2D eigenvalue weighted by Gasteiger charge is -2.22. The smallest absolute Gasteiger partial charge is 0.0583 e. The Labute approximate surface area is 76.1 Å². The van der Waals surface area contributed by atoms with Gasteiger partial charge in [0.15, 0.2) is 0 Å². The van der Waals surface area contributed by atoms with E-state index in [2.05, 4.69) is 31.4 Å². The van der Waals surface area contributed by atoms with E-state index < -0.39 is 0 Å². The quantitative estimate of drug-likeness (QED) is 0.504. The Kier molecular flexibility index (Phi) is 7.45. The van der Waals surface area contributed by atoms with Crippen molar-refractivity contribution in [3.05, 3.63) is 0 Å². The topological polar surface area (TPSA) is 50.1 Å². The van der Waals surface area contributed by atoms with Crippen molar-refractivity contribution in [3.8, 4) is 0 Å². The highest BCUT2D eigenvalue weighted by atomic mass is 15.2. The van der Waals surface area contributed by atoms with E-state index in [0.29, 0.717) is 6.17 Å². The van der Waals surface area contributed by atoms with Crippen molar-refractivity contribution < 1.29 is 0 Å².